The molecule has 1 aromatic rings. The van der Waals surface area contributed by atoms with Crippen LogP contribution >= 0.6 is 0 Å². The number of anilines is 1. The maximum absolute atomic E-state index is 12.6. The average molecular weight is 346 g/mol. The van der Waals surface area contributed by atoms with Crippen molar-refractivity contribution in [3.63, 3.8) is 0 Å². The molecular formula is C20H30N2O3. The Balaban J connectivity index is 1.52. The fourth-order valence-corrected chi connectivity index (χ4v) is 3.82. The van der Waals surface area contributed by atoms with E-state index in [1.807, 2.05) is 0 Å². The van der Waals surface area contributed by atoms with Gasteiger partial charge in [0.25, 0.3) is 0 Å². The van der Waals surface area contributed by atoms with E-state index in [2.05, 4.69) is 42.3 Å². The molecule has 1 aromatic carbocycles. The number of piperidine rings is 1. The van der Waals surface area contributed by atoms with Crippen molar-refractivity contribution < 1.29 is 14.3 Å². The van der Waals surface area contributed by atoms with Crippen LogP contribution in [0.15, 0.2) is 18.2 Å². The Morgan fingerprint density at radius 3 is 2.28 bits per heavy atom. The molecular weight excluding hydrogens is 316 g/mol. The molecule has 0 aliphatic carbocycles. The fourth-order valence-electron chi connectivity index (χ4n) is 3.82. The zero-order chi connectivity index (χ0) is 17.6. The van der Waals surface area contributed by atoms with Crippen LogP contribution in [0.25, 0.3) is 0 Å². The van der Waals surface area contributed by atoms with Crippen molar-refractivity contribution >= 4 is 11.6 Å². The van der Waals surface area contributed by atoms with E-state index in [0.29, 0.717) is 25.7 Å². The van der Waals surface area contributed by atoms with Crippen LogP contribution in [0.2, 0.25) is 0 Å². The van der Waals surface area contributed by atoms with Crippen molar-refractivity contribution in [3.05, 3.63) is 29.3 Å². The molecule has 0 atom stereocenters. The van der Waals surface area contributed by atoms with Crippen molar-refractivity contribution in [2.75, 3.05) is 38.2 Å². The van der Waals surface area contributed by atoms with E-state index in [0.717, 1.165) is 44.5 Å². The molecule has 5 heteroatoms. The molecule has 0 spiro atoms. The highest BCUT2D eigenvalue weighted by Crippen LogP contribution is 2.26. The molecule has 0 aromatic heterocycles. The summed E-state index contributed by atoms with van der Waals surface area (Å²) in [6, 6.07) is 6.27. The lowest BCUT2D eigenvalue weighted by Gasteiger charge is -2.33. The van der Waals surface area contributed by atoms with Gasteiger partial charge in [-0.05, 0) is 49.9 Å². The predicted octanol–water partition coefficient (Wildman–Crippen LogP) is 2.83. The molecule has 138 valence electrons. The minimum atomic E-state index is -0.0282. The van der Waals surface area contributed by atoms with Gasteiger partial charge in [0.15, 0.2) is 6.29 Å². The summed E-state index contributed by atoms with van der Waals surface area (Å²) in [6.07, 6.45) is 3.89. The van der Waals surface area contributed by atoms with E-state index in [4.69, 9.17) is 9.47 Å². The molecule has 2 aliphatic rings. The number of nitrogens with one attached hydrogen (secondary N) is 1. The van der Waals surface area contributed by atoms with Gasteiger partial charge in [0, 0.05) is 11.6 Å². The summed E-state index contributed by atoms with van der Waals surface area (Å²) in [4.78, 5) is 14.8. The van der Waals surface area contributed by atoms with E-state index in [-0.39, 0.29) is 12.2 Å². The quantitative estimate of drug-likeness (QED) is 0.860. The van der Waals surface area contributed by atoms with Crippen LogP contribution < -0.4 is 5.32 Å². The van der Waals surface area contributed by atoms with Crippen LogP contribution in [0.3, 0.4) is 0 Å². The number of para-hydroxylation sites is 1. The molecule has 0 unspecified atom stereocenters. The third-order valence-electron chi connectivity index (χ3n) is 5.30. The fraction of sp³-hybridized carbons (Fsp3) is 0.650. The minimum Gasteiger partial charge on any atom is -0.350 e. The number of amides is 1. The van der Waals surface area contributed by atoms with Crippen molar-refractivity contribution in [2.45, 2.75) is 45.8 Å². The Bertz CT molecular complexity index is 554. The first-order chi connectivity index (χ1) is 12.2. The third-order valence-corrected chi connectivity index (χ3v) is 5.30. The Morgan fingerprint density at radius 2 is 1.72 bits per heavy atom. The van der Waals surface area contributed by atoms with Crippen LogP contribution in [-0.2, 0) is 27.1 Å². The second kappa shape index (κ2) is 8.79. The molecule has 0 saturated carbocycles. The average Bonchev–Trinajstić information content (AvgIpc) is 3.17. The first kappa shape index (κ1) is 18.4. The van der Waals surface area contributed by atoms with Crippen LogP contribution in [0, 0.1) is 5.92 Å². The highest BCUT2D eigenvalue weighted by atomic mass is 16.7. The largest absolute Gasteiger partial charge is 0.350 e. The van der Waals surface area contributed by atoms with Gasteiger partial charge in [0.2, 0.25) is 5.91 Å². The standard InChI is InChI=1S/C20H30N2O3/c1-3-15-6-5-7-16(4-2)19(15)21-18(23)14-22-10-8-17(9-11-22)20-24-12-13-25-20/h5-7,17,20H,3-4,8-14H2,1-2H3,(H,21,23). The summed E-state index contributed by atoms with van der Waals surface area (Å²) in [5.74, 6) is 0.553. The number of rotatable bonds is 6. The summed E-state index contributed by atoms with van der Waals surface area (Å²) in [5.41, 5.74) is 3.43. The number of likely N-dealkylation sites (tertiary alicyclic amines) is 1. The minimum absolute atomic E-state index is 0.0282. The summed E-state index contributed by atoms with van der Waals surface area (Å²) in [5, 5.41) is 3.16. The predicted molar refractivity (Wildman–Crippen MR) is 98.7 cm³/mol. The monoisotopic (exact) mass is 346 g/mol. The van der Waals surface area contributed by atoms with Crippen LogP contribution in [0.5, 0.6) is 0 Å². The van der Waals surface area contributed by atoms with Gasteiger partial charge in [0.05, 0.1) is 19.8 Å². The highest BCUT2D eigenvalue weighted by molar-refractivity contribution is 5.93. The topological polar surface area (TPSA) is 50.8 Å². The molecule has 2 aliphatic heterocycles. The van der Waals surface area contributed by atoms with E-state index < -0.39 is 0 Å². The second-order valence-electron chi connectivity index (χ2n) is 6.93. The highest BCUT2D eigenvalue weighted by Gasteiger charge is 2.30. The molecule has 0 bridgehead atoms. The number of benzene rings is 1. The normalized spacial score (nSPS) is 20.1. The van der Waals surface area contributed by atoms with Crippen molar-refractivity contribution in [1.29, 1.82) is 0 Å². The van der Waals surface area contributed by atoms with E-state index >= 15 is 0 Å². The van der Waals surface area contributed by atoms with Crippen LogP contribution in [-0.4, -0.2) is 49.9 Å². The Hall–Kier alpha value is -1.43. The summed E-state index contributed by atoms with van der Waals surface area (Å²) < 4.78 is 11.2. The molecule has 25 heavy (non-hydrogen) atoms. The summed E-state index contributed by atoms with van der Waals surface area (Å²) in [7, 11) is 0. The summed E-state index contributed by atoms with van der Waals surface area (Å²) >= 11 is 0. The number of carbonyl (C=O) groups is 1. The van der Waals surface area contributed by atoms with Gasteiger partial charge in [-0.15, -0.1) is 0 Å². The van der Waals surface area contributed by atoms with Gasteiger partial charge in [-0.1, -0.05) is 32.0 Å². The van der Waals surface area contributed by atoms with E-state index in [1.54, 1.807) is 0 Å². The van der Waals surface area contributed by atoms with Gasteiger partial charge in [-0.3, -0.25) is 9.69 Å². The number of ether oxygens (including phenoxy) is 2. The molecule has 3 rings (SSSR count). The molecule has 0 radical (unpaired) electrons. The molecule has 1 N–H and O–H groups in total. The van der Waals surface area contributed by atoms with E-state index in [9.17, 15) is 4.79 Å². The van der Waals surface area contributed by atoms with Gasteiger partial charge in [-0.25, -0.2) is 0 Å². The molecule has 5 nitrogen and oxygen atoms in total. The van der Waals surface area contributed by atoms with Crippen molar-refractivity contribution in [2.24, 2.45) is 5.92 Å². The molecule has 2 fully saturated rings. The second-order valence-corrected chi connectivity index (χ2v) is 6.93. The first-order valence-corrected chi connectivity index (χ1v) is 9.57. The number of carbonyl (C=O) groups excluding carboxylic acids is 1. The maximum Gasteiger partial charge on any atom is 0.238 e. The molecule has 1 amide bonds. The lowest BCUT2D eigenvalue weighted by Crippen LogP contribution is -2.42. The number of hydrogen-bond acceptors (Lipinski definition) is 4. The lowest BCUT2D eigenvalue weighted by atomic mass is 9.96. The maximum atomic E-state index is 12.6. The van der Waals surface area contributed by atoms with E-state index in [1.165, 1.54) is 11.1 Å². The Morgan fingerprint density at radius 1 is 1.12 bits per heavy atom. The third kappa shape index (κ3) is 4.60. The number of hydrogen-bond donors (Lipinski definition) is 1. The summed E-state index contributed by atoms with van der Waals surface area (Å²) in [6.45, 7) is 7.99. The van der Waals surface area contributed by atoms with Gasteiger partial charge in [-0.2, -0.15) is 0 Å². The van der Waals surface area contributed by atoms with Crippen LogP contribution in [0.1, 0.15) is 37.8 Å². The van der Waals surface area contributed by atoms with Crippen LogP contribution in [0.4, 0.5) is 5.69 Å². The van der Waals surface area contributed by atoms with Crippen molar-refractivity contribution in [3.8, 4) is 0 Å². The van der Waals surface area contributed by atoms with Gasteiger partial charge >= 0.3 is 0 Å². The zero-order valence-corrected chi connectivity index (χ0v) is 15.4. The first-order valence-electron chi connectivity index (χ1n) is 9.57. The number of nitrogens with zero attached hydrogens (tertiary/aromatic N) is 1. The van der Waals surface area contributed by atoms with Gasteiger partial charge < -0.3 is 14.8 Å². The lowest BCUT2D eigenvalue weighted by molar-refractivity contribution is -0.119. The smallest absolute Gasteiger partial charge is 0.238 e. The SMILES string of the molecule is CCc1cccc(CC)c1NC(=O)CN1CCC(C2OCCO2)CC1. The Kier molecular flexibility index (Phi) is 6.45. The van der Waals surface area contributed by atoms with Crippen molar-refractivity contribution in [1.82, 2.24) is 4.90 Å². The van der Waals surface area contributed by atoms with Gasteiger partial charge in [0.1, 0.15) is 0 Å². The zero-order valence-electron chi connectivity index (χ0n) is 15.4. The Labute approximate surface area is 150 Å². The number of aryl methyl sites for hydroxylation is 2. The molecule has 2 heterocycles. The molecule has 2 saturated heterocycles.